The third kappa shape index (κ3) is 5.26. The molecule has 5 atom stereocenters. The van der Waals surface area contributed by atoms with Crippen molar-refractivity contribution < 1.29 is 20.1 Å². The molecular formula is C27H30IN7O4. The Balaban J connectivity index is 1.27. The number of aromatic nitrogens is 4. The highest BCUT2D eigenvalue weighted by Crippen LogP contribution is 2.34. The van der Waals surface area contributed by atoms with Gasteiger partial charge in [0.2, 0.25) is 5.95 Å². The molecule has 12 heteroatoms. The van der Waals surface area contributed by atoms with Crippen molar-refractivity contribution in [2.24, 2.45) is 0 Å². The number of hydrogen-bond acceptors (Lipinski definition) is 10. The van der Waals surface area contributed by atoms with Gasteiger partial charge in [-0.25, -0.2) is 4.98 Å². The molecule has 2 aliphatic rings. The van der Waals surface area contributed by atoms with Crippen molar-refractivity contribution in [3.05, 3.63) is 69.6 Å². The lowest BCUT2D eigenvalue weighted by molar-refractivity contribution is -0.0511. The minimum Gasteiger partial charge on any atom is -0.394 e. The van der Waals surface area contributed by atoms with Crippen molar-refractivity contribution in [1.82, 2.24) is 19.5 Å². The molecule has 0 spiro atoms. The molecule has 6 rings (SSSR count). The number of para-hydroxylation sites is 1. The van der Waals surface area contributed by atoms with Crippen LogP contribution in [-0.2, 0) is 11.3 Å². The van der Waals surface area contributed by atoms with E-state index in [1.165, 1.54) is 17.6 Å². The van der Waals surface area contributed by atoms with Crippen molar-refractivity contribution >= 4 is 51.2 Å². The summed E-state index contributed by atoms with van der Waals surface area (Å²) in [6.45, 7) is 1.67. The van der Waals surface area contributed by atoms with Gasteiger partial charge in [0, 0.05) is 34.8 Å². The molecule has 0 bridgehead atoms. The predicted octanol–water partition coefficient (Wildman–Crippen LogP) is 2.67. The predicted molar refractivity (Wildman–Crippen MR) is 156 cm³/mol. The molecule has 2 aliphatic heterocycles. The molecule has 4 heterocycles. The van der Waals surface area contributed by atoms with Crippen LogP contribution in [0.25, 0.3) is 11.2 Å². The van der Waals surface area contributed by atoms with E-state index < -0.39 is 31.1 Å². The van der Waals surface area contributed by atoms with Gasteiger partial charge in [0.05, 0.1) is 12.9 Å². The lowest BCUT2D eigenvalue weighted by atomic mass is 9.98. The van der Waals surface area contributed by atoms with E-state index in [1.54, 1.807) is 4.57 Å². The van der Waals surface area contributed by atoms with Crippen LogP contribution in [0.3, 0.4) is 0 Å². The lowest BCUT2D eigenvalue weighted by Crippen LogP contribution is -2.33. The summed E-state index contributed by atoms with van der Waals surface area (Å²) in [7, 11) is 0. The first-order chi connectivity index (χ1) is 19.0. The second-order valence-electron chi connectivity index (χ2n) is 9.81. The molecule has 1 saturated heterocycles. The Hall–Kier alpha value is -3.04. The Morgan fingerprint density at radius 2 is 1.95 bits per heavy atom. The Bertz CT molecular complexity index is 1470. The number of aliphatic hydroxyl groups is 3. The quantitative estimate of drug-likeness (QED) is 0.150. The third-order valence-electron chi connectivity index (χ3n) is 7.28. The Morgan fingerprint density at radius 3 is 2.77 bits per heavy atom. The smallest absolute Gasteiger partial charge is 0.226 e. The fraction of sp³-hybridized carbons (Fsp3) is 0.370. The van der Waals surface area contributed by atoms with Gasteiger partial charge in [-0.05, 0) is 58.3 Å². The molecule has 1 unspecified atom stereocenters. The number of nitrogens with zero attached hydrogens (tertiary/aromatic N) is 4. The number of benzene rings is 2. The van der Waals surface area contributed by atoms with Gasteiger partial charge >= 0.3 is 0 Å². The Labute approximate surface area is 238 Å². The number of rotatable bonds is 9. The standard InChI is InChI=1S/C27H30IN7O4/c28-17-5-3-4-15(10-17)11-31-24-21-25(35(14-32-21)26-23(38)22(37)20(13-36)39-26)34-27(33-24)29-9-8-16-12-30-19-7-2-1-6-18(16)19/h1-7,10,14,16,20,22-23,26,30,36-38H,8-9,11-13H2,(H2,29,31,33,34)/t16?,20-,22-,23-,26-/m1/s1. The molecule has 39 heavy (non-hydrogen) atoms. The normalized spacial score (nSPS) is 24.1. The molecule has 2 aromatic heterocycles. The molecule has 4 aromatic rings. The molecule has 0 radical (unpaired) electrons. The summed E-state index contributed by atoms with van der Waals surface area (Å²) in [5, 5.41) is 40.7. The van der Waals surface area contributed by atoms with Gasteiger partial charge in [0.1, 0.15) is 18.3 Å². The number of hydrogen-bond donors (Lipinski definition) is 6. The third-order valence-corrected chi connectivity index (χ3v) is 7.95. The van der Waals surface area contributed by atoms with Gasteiger partial charge in [0.25, 0.3) is 0 Å². The molecule has 11 nitrogen and oxygen atoms in total. The number of fused-ring (bicyclic) bond motifs is 2. The molecule has 2 aromatic carbocycles. The average Bonchev–Trinajstić information content (AvgIpc) is 3.63. The molecule has 0 saturated carbocycles. The fourth-order valence-corrected chi connectivity index (χ4v) is 5.83. The molecule has 1 fully saturated rings. The summed E-state index contributed by atoms with van der Waals surface area (Å²) in [6, 6.07) is 16.5. The van der Waals surface area contributed by atoms with Crippen LogP contribution in [0.2, 0.25) is 0 Å². The van der Waals surface area contributed by atoms with Crippen molar-refractivity contribution in [3.8, 4) is 0 Å². The summed E-state index contributed by atoms with van der Waals surface area (Å²) < 4.78 is 8.48. The van der Waals surface area contributed by atoms with Crippen molar-refractivity contribution in [3.63, 3.8) is 0 Å². The zero-order valence-electron chi connectivity index (χ0n) is 21.0. The molecule has 204 valence electrons. The highest BCUT2D eigenvalue weighted by Gasteiger charge is 2.44. The van der Waals surface area contributed by atoms with Crippen molar-refractivity contribution in [1.29, 1.82) is 0 Å². The van der Waals surface area contributed by atoms with E-state index in [4.69, 9.17) is 14.7 Å². The fourth-order valence-electron chi connectivity index (χ4n) is 5.22. The Morgan fingerprint density at radius 1 is 1.08 bits per heavy atom. The molecule has 0 aliphatic carbocycles. The molecule has 6 N–H and O–H groups in total. The van der Waals surface area contributed by atoms with E-state index in [-0.39, 0.29) is 0 Å². The van der Waals surface area contributed by atoms with Gasteiger partial charge < -0.3 is 36.0 Å². The van der Waals surface area contributed by atoms with Crippen LogP contribution in [0.5, 0.6) is 0 Å². The van der Waals surface area contributed by atoms with Crippen molar-refractivity contribution in [2.75, 3.05) is 35.6 Å². The van der Waals surface area contributed by atoms with E-state index in [0.717, 1.165) is 22.1 Å². The summed E-state index contributed by atoms with van der Waals surface area (Å²) in [4.78, 5) is 14.0. The number of anilines is 3. The van der Waals surface area contributed by atoms with E-state index in [1.807, 2.05) is 24.3 Å². The first-order valence-electron chi connectivity index (χ1n) is 12.9. The number of ether oxygens (including phenoxy) is 1. The summed E-state index contributed by atoms with van der Waals surface area (Å²) in [5.41, 5.74) is 4.55. The maximum Gasteiger partial charge on any atom is 0.226 e. The van der Waals surface area contributed by atoms with Crippen LogP contribution in [-0.4, -0.2) is 72.8 Å². The van der Waals surface area contributed by atoms with Crippen LogP contribution < -0.4 is 16.0 Å². The Kier molecular flexibility index (Phi) is 7.53. The minimum atomic E-state index is -1.25. The largest absolute Gasteiger partial charge is 0.394 e. The van der Waals surface area contributed by atoms with Crippen molar-refractivity contribution in [2.45, 2.75) is 43.4 Å². The highest BCUT2D eigenvalue weighted by atomic mass is 127. The summed E-state index contributed by atoms with van der Waals surface area (Å²) in [5.74, 6) is 1.35. The molecule has 0 amide bonds. The van der Waals surface area contributed by atoms with Crippen LogP contribution in [0.1, 0.15) is 29.7 Å². The van der Waals surface area contributed by atoms with Crippen LogP contribution in [0.15, 0.2) is 54.9 Å². The number of imidazole rings is 1. The van der Waals surface area contributed by atoms with Crippen LogP contribution in [0.4, 0.5) is 17.5 Å². The van der Waals surface area contributed by atoms with Gasteiger partial charge in [-0.3, -0.25) is 4.57 Å². The number of nitrogens with one attached hydrogen (secondary N) is 3. The minimum absolute atomic E-state index is 0.389. The average molecular weight is 643 g/mol. The highest BCUT2D eigenvalue weighted by molar-refractivity contribution is 14.1. The topological polar surface area (TPSA) is 150 Å². The molecular weight excluding hydrogens is 613 g/mol. The number of halogens is 1. The van der Waals surface area contributed by atoms with E-state index >= 15 is 0 Å². The van der Waals surface area contributed by atoms with Gasteiger partial charge in [-0.1, -0.05) is 30.3 Å². The van der Waals surface area contributed by atoms with Gasteiger partial charge in [-0.2, -0.15) is 9.97 Å². The van der Waals surface area contributed by atoms with E-state index in [2.05, 4.69) is 67.8 Å². The maximum absolute atomic E-state index is 10.6. The zero-order valence-corrected chi connectivity index (χ0v) is 23.2. The summed E-state index contributed by atoms with van der Waals surface area (Å²) >= 11 is 2.28. The second kappa shape index (κ2) is 11.2. The lowest BCUT2D eigenvalue weighted by Gasteiger charge is -2.17. The second-order valence-corrected chi connectivity index (χ2v) is 11.1. The SMILES string of the molecule is OC[C@H]1O[C@@H](n2cnc3c(NCc4cccc(I)c4)nc(NCCC4CNc5ccccc54)nc32)[C@H](O)[C@@H]1O. The first-order valence-corrected chi connectivity index (χ1v) is 14.0. The maximum atomic E-state index is 10.6. The van der Waals surface area contributed by atoms with Gasteiger partial charge in [-0.15, -0.1) is 0 Å². The van der Waals surface area contributed by atoms with Gasteiger partial charge in [0.15, 0.2) is 23.2 Å². The summed E-state index contributed by atoms with van der Waals surface area (Å²) in [6.07, 6.45) is -1.91. The van der Waals surface area contributed by atoms with Crippen LogP contribution >= 0.6 is 22.6 Å². The van der Waals surface area contributed by atoms with E-state index in [9.17, 15) is 15.3 Å². The van der Waals surface area contributed by atoms with Crippen LogP contribution in [0, 0.1) is 3.57 Å². The number of aliphatic hydroxyl groups excluding tert-OH is 3. The first kappa shape index (κ1) is 26.2. The monoisotopic (exact) mass is 643 g/mol. The van der Waals surface area contributed by atoms with E-state index in [0.29, 0.717) is 41.9 Å². The zero-order chi connectivity index (χ0) is 26.9.